The molecule has 2 heteroatoms. The molecule has 1 rings (SSSR count). The van der Waals surface area contributed by atoms with E-state index in [4.69, 9.17) is 4.74 Å². The average molecular weight is 250 g/mol. The quantitative estimate of drug-likeness (QED) is 0.678. The fourth-order valence-corrected chi connectivity index (χ4v) is 2.12. The molecule has 0 radical (unpaired) electrons. The Hall–Kier alpha value is -1.18. The van der Waals surface area contributed by atoms with Crippen LogP contribution < -0.4 is 4.74 Å². The number of hydrogen-bond acceptors (Lipinski definition) is 2. The minimum Gasteiger partial charge on any atom is -0.504 e. The fourth-order valence-electron chi connectivity index (χ4n) is 2.12. The molecule has 0 saturated heterocycles. The standard InChI is InChI=1S/C16H26O2/c1-4-7-8-11-14(6-3)18-16-13(5-2)10-9-12-15(16)17/h9-10,12,14,17H,4-8,11H2,1-3H3. The molecular weight excluding hydrogens is 224 g/mol. The van der Waals surface area contributed by atoms with Gasteiger partial charge in [0, 0.05) is 0 Å². The zero-order valence-electron chi connectivity index (χ0n) is 11.9. The third-order valence-electron chi connectivity index (χ3n) is 3.33. The van der Waals surface area contributed by atoms with E-state index >= 15 is 0 Å². The molecule has 1 N–H and O–H groups in total. The highest BCUT2D eigenvalue weighted by Crippen LogP contribution is 2.32. The lowest BCUT2D eigenvalue weighted by atomic mass is 10.1. The SMILES string of the molecule is CCCCCC(CC)Oc1c(O)cccc1CC. The summed E-state index contributed by atoms with van der Waals surface area (Å²) in [5, 5.41) is 9.91. The first kappa shape index (κ1) is 14.9. The molecule has 0 saturated carbocycles. The summed E-state index contributed by atoms with van der Waals surface area (Å²) in [6.07, 6.45) is 6.84. The maximum atomic E-state index is 9.91. The number of hydrogen-bond donors (Lipinski definition) is 1. The van der Waals surface area contributed by atoms with Gasteiger partial charge in [-0.25, -0.2) is 0 Å². The number of aryl methyl sites for hydroxylation is 1. The Labute approximate surface area is 111 Å². The molecule has 1 aromatic rings. The van der Waals surface area contributed by atoms with Crippen LogP contribution >= 0.6 is 0 Å². The van der Waals surface area contributed by atoms with Gasteiger partial charge in [-0.15, -0.1) is 0 Å². The van der Waals surface area contributed by atoms with Gasteiger partial charge in [-0.05, 0) is 37.3 Å². The van der Waals surface area contributed by atoms with Crippen molar-refractivity contribution in [3.63, 3.8) is 0 Å². The first-order valence-electron chi connectivity index (χ1n) is 7.20. The van der Waals surface area contributed by atoms with Crippen LogP contribution in [0.1, 0.15) is 58.4 Å². The summed E-state index contributed by atoms with van der Waals surface area (Å²) in [7, 11) is 0. The smallest absolute Gasteiger partial charge is 0.164 e. The Balaban J connectivity index is 2.68. The number of rotatable bonds is 8. The van der Waals surface area contributed by atoms with E-state index < -0.39 is 0 Å². The lowest BCUT2D eigenvalue weighted by molar-refractivity contribution is 0.174. The Kier molecular flexibility index (Phi) is 6.63. The summed E-state index contributed by atoms with van der Waals surface area (Å²) >= 11 is 0. The molecule has 0 aliphatic carbocycles. The van der Waals surface area contributed by atoms with E-state index in [1.807, 2.05) is 12.1 Å². The Bertz CT molecular complexity index is 347. The van der Waals surface area contributed by atoms with Crippen LogP contribution in [0.5, 0.6) is 11.5 Å². The van der Waals surface area contributed by atoms with E-state index in [0.717, 1.165) is 24.8 Å². The molecule has 0 amide bonds. The topological polar surface area (TPSA) is 29.5 Å². The molecule has 1 unspecified atom stereocenters. The number of aromatic hydroxyl groups is 1. The van der Waals surface area contributed by atoms with E-state index in [1.54, 1.807) is 6.07 Å². The molecular formula is C16H26O2. The van der Waals surface area contributed by atoms with Crippen molar-refractivity contribution in [3.05, 3.63) is 23.8 Å². The second-order valence-corrected chi connectivity index (χ2v) is 4.76. The summed E-state index contributed by atoms with van der Waals surface area (Å²) in [6, 6.07) is 5.60. The number of ether oxygens (including phenoxy) is 1. The van der Waals surface area contributed by atoms with Crippen LogP contribution in [-0.4, -0.2) is 11.2 Å². The number of phenols is 1. The second-order valence-electron chi connectivity index (χ2n) is 4.76. The molecule has 1 aromatic carbocycles. The summed E-state index contributed by atoms with van der Waals surface area (Å²) in [4.78, 5) is 0. The highest BCUT2D eigenvalue weighted by molar-refractivity contribution is 5.45. The monoisotopic (exact) mass is 250 g/mol. The van der Waals surface area contributed by atoms with Crippen LogP contribution in [-0.2, 0) is 6.42 Å². The molecule has 0 aromatic heterocycles. The third kappa shape index (κ3) is 4.25. The fraction of sp³-hybridized carbons (Fsp3) is 0.625. The van der Waals surface area contributed by atoms with Crippen molar-refractivity contribution in [1.82, 2.24) is 0 Å². The van der Waals surface area contributed by atoms with Crippen LogP contribution in [0.3, 0.4) is 0 Å². The maximum absolute atomic E-state index is 9.91. The van der Waals surface area contributed by atoms with Gasteiger partial charge >= 0.3 is 0 Å². The Morgan fingerprint density at radius 3 is 2.56 bits per heavy atom. The van der Waals surface area contributed by atoms with Crippen LogP contribution in [0.2, 0.25) is 0 Å². The van der Waals surface area contributed by atoms with Crippen molar-refractivity contribution in [3.8, 4) is 11.5 Å². The Morgan fingerprint density at radius 2 is 1.94 bits per heavy atom. The molecule has 0 spiro atoms. The van der Waals surface area contributed by atoms with E-state index in [9.17, 15) is 5.11 Å². The summed E-state index contributed by atoms with van der Waals surface area (Å²) in [5.41, 5.74) is 1.09. The summed E-state index contributed by atoms with van der Waals surface area (Å²) < 4.78 is 6.01. The van der Waals surface area contributed by atoms with Crippen molar-refractivity contribution in [2.24, 2.45) is 0 Å². The highest BCUT2D eigenvalue weighted by atomic mass is 16.5. The lowest BCUT2D eigenvalue weighted by Crippen LogP contribution is -2.16. The van der Waals surface area contributed by atoms with Gasteiger partial charge in [-0.3, -0.25) is 0 Å². The van der Waals surface area contributed by atoms with Crippen molar-refractivity contribution < 1.29 is 9.84 Å². The molecule has 0 aliphatic heterocycles. The summed E-state index contributed by atoms with van der Waals surface area (Å²) in [6.45, 7) is 6.43. The van der Waals surface area contributed by atoms with E-state index in [2.05, 4.69) is 20.8 Å². The minimum atomic E-state index is 0.218. The first-order valence-corrected chi connectivity index (χ1v) is 7.20. The molecule has 1 atom stereocenters. The van der Waals surface area contributed by atoms with Crippen LogP contribution in [0.4, 0.5) is 0 Å². The normalized spacial score (nSPS) is 12.4. The number of phenolic OH excluding ortho intramolecular Hbond substituents is 1. The average Bonchev–Trinajstić information content (AvgIpc) is 2.39. The van der Waals surface area contributed by atoms with Gasteiger partial charge in [0.2, 0.25) is 0 Å². The van der Waals surface area contributed by atoms with Gasteiger partial charge in [0.25, 0.3) is 0 Å². The van der Waals surface area contributed by atoms with Gasteiger partial charge in [-0.1, -0.05) is 45.7 Å². The molecule has 0 bridgehead atoms. The van der Waals surface area contributed by atoms with Crippen LogP contribution in [0, 0.1) is 0 Å². The number of unbranched alkanes of at least 4 members (excludes halogenated alkanes) is 2. The predicted molar refractivity (Wildman–Crippen MR) is 76.3 cm³/mol. The molecule has 0 aliphatic rings. The third-order valence-corrected chi connectivity index (χ3v) is 3.33. The molecule has 0 heterocycles. The zero-order valence-corrected chi connectivity index (χ0v) is 11.9. The number of benzene rings is 1. The minimum absolute atomic E-state index is 0.218. The molecule has 2 nitrogen and oxygen atoms in total. The van der Waals surface area contributed by atoms with Crippen molar-refractivity contribution in [1.29, 1.82) is 0 Å². The predicted octanol–water partition coefficient (Wildman–Crippen LogP) is 4.69. The van der Waals surface area contributed by atoms with E-state index in [0.29, 0.717) is 5.75 Å². The lowest BCUT2D eigenvalue weighted by Gasteiger charge is -2.20. The largest absolute Gasteiger partial charge is 0.504 e. The van der Waals surface area contributed by atoms with Gasteiger partial charge < -0.3 is 9.84 Å². The van der Waals surface area contributed by atoms with Gasteiger partial charge in [0.15, 0.2) is 11.5 Å². The highest BCUT2D eigenvalue weighted by Gasteiger charge is 2.13. The van der Waals surface area contributed by atoms with Crippen molar-refractivity contribution >= 4 is 0 Å². The molecule has 18 heavy (non-hydrogen) atoms. The van der Waals surface area contributed by atoms with E-state index in [1.165, 1.54) is 19.3 Å². The number of para-hydroxylation sites is 1. The van der Waals surface area contributed by atoms with Gasteiger partial charge in [-0.2, -0.15) is 0 Å². The van der Waals surface area contributed by atoms with E-state index in [-0.39, 0.29) is 11.9 Å². The second kappa shape index (κ2) is 8.02. The van der Waals surface area contributed by atoms with Gasteiger partial charge in [0.05, 0.1) is 6.10 Å². The molecule has 0 fully saturated rings. The summed E-state index contributed by atoms with van der Waals surface area (Å²) in [5.74, 6) is 0.951. The van der Waals surface area contributed by atoms with Crippen LogP contribution in [0.15, 0.2) is 18.2 Å². The molecule has 102 valence electrons. The zero-order chi connectivity index (χ0) is 13.4. The van der Waals surface area contributed by atoms with Crippen molar-refractivity contribution in [2.45, 2.75) is 65.4 Å². The van der Waals surface area contributed by atoms with Crippen LogP contribution in [0.25, 0.3) is 0 Å². The van der Waals surface area contributed by atoms with Crippen molar-refractivity contribution in [2.75, 3.05) is 0 Å². The Morgan fingerprint density at radius 1 is 1.17 bits per heavy atom. The maximum Gasteiger partial charge on any atom is 0.164 e. The van der Waals surface area contributed by atoms with Gasteiger partial charge in [0.1, 0.15) is 0 Å². The first-order chi connectivity index (χ1) is 8.72.